The first kappa shape index (κ1) is 16.3. The molecule has 2 aliphatic heterocycles. The minimum Gasteiger partial charge on any atom is -0.378 e. The highest BCUT2D eigenvalue weighted by atomic mass is 32.1. The lowest BCUT2D eigenvalue weighted by molar-refractivity contribution is -0.110. The Hall–Kier alpha value is -2.90. The molecule has 136 valence electrons. The van der Waals surface area contributed by atoms with Gasteiger partial charge in [-0.25, -0.2) is 4.98 Å². The maximum Gasteiger partial charge on any atom is 0.257 e. The first-order valence-electron chi connectivity index (χ1n) is 8.87. The molecule has 0 spiro atoms. The molecule has 1 amide bonds. The predicted molar refractivity (Wildman–Crippen MR) is 109 cm³/mol. The lowest BCUT2D eigenvalue weighted by Crippen LogP contribution is -2.36. The number of thiazole rings is 1. The number of benzene rings is 2. The minimum atomic E-state index is -0.0941. The fourth-order valence-corrected chi connectivity index (χ4v) is 4.34. The summed E-state index contributed by atoms with van der Waals surface area (Å²) >= 11 is 1.55. The molecule has 7 heteroatoms. The van der Waals surface area contributed by atoms with Crippen LogP contribution >= 0.6 is 11.3 Å². The van der Waals surface area contributed by atoms with E-state index in [-0.39, 0.29) is 5.91 Å². The summed E-state index contributed by atoms with van der Waals surface area (Å²) in [6.45, 7) is 3.37. The van der Waals surface area contributed by atoms with Gasteiger partial charge in [0.1, 0.15) is 0 Å². The second kappa shape index (κ2) is 6.68. The van der Waals surface area contributed by atoms with Gasteiger partial charge in [0.15, 0.2) is 0 Å². The molecule has 5 rings (SSSR count). The third-order valence-corrected chi connectivity index (χ3v) is 5.75. The zero-order valence-electron chi connectivity index (χ0n) is 14.6. The van der Waals surface area contributed by atoms with Gasteiger partial charge in [-0.1, -0.05) is 0 Å². The standard InChI is InChI=1S/C20H18N4O2S/c25-20-15(18-16(23-20)5-6-17-19(18)27-12-22-17)11-21-13-1-3-14(4-2-13)24-7-9-26-10-8-24/h1-6,11-12,21H,7-10H2,(H,23,25). The second-order valence-electron chi connectivity index (χ2n) is 6.49. The van der Waals surface area contributed by atoms with Crippen molar-refractivity contribution in [3.8, 4) is 0 Å². The topological polar surface area (TPSA) is 66.5 Å². The van der Waals surface area contributed by atoms with Crippen LogP contribution in [0.15, 0.2) is 48.1 Å². The van der Waals surface area contributed by atoms with Gasteiger partial charge in [-0.2, -0.15) is 0 Å². The highest BCUT2D eigenvalue weighted by Gasteiger charge is 2.27. The number of ether oxygens (including phenoxy) is 1. The average Bonchev–Trinajstić information content (AvgIpc) is 3.31. The number of hydrogen-bond donors (Lipinski definition) is 2. The summed E-state index contributed by atoms with van der Waals surface area (Å²) in [5.74, 6) is -0.0941. The third-order valence-electron chi connectivity index (χ3n) is 4.89. The van der Waals surface area contributed by atoms with Crippen molar-refractivity contribution in [2.75, 3.05) is 41.8 Å². The van der Waals surface area contributed by atoms with Crippen LogP contribution in [0.5, 0.6) is 0 Å². The summed E-state index contributed by atoms with van der Waals surface area (Å²) in [7, 11) is 0. The smallest absolute Gasteiger partial charge is 0.257 e. The Morgan fingerprint density at radius 1 is 1.15 bits per heavy atom. The molecule has 2 N–H and O–H groups in total. The molecule has 0 aliphatic carbocycles. The van der Waals surface area contributed by atoms with Gasteiger partial charge in [-0.05, 0) is 36.4 Å². The van der Waals surface area contributed by atoms with Crippen molar-refractivity contribution in [3.05, 3.63) is 53.7 Å². The maximum absolute atomic E-state index is 12.4. The Bertz CT molecular complexity index is 1040. The number of hydrogen-bond acceptors (Lipinski definition) is 6. The number of carbonyl (C=O) groups excluding carboxylic acids is 1. The molecule has 27 heavy (non-hydrogen) atoms. The number of nitrogens with zero attached hydrogens (tertiary/aromatic N) is 2. The van der Waals surface area contributed by atoms with Crippen LogP contribution in [-0.4, -0.2) is 37.2 Å². The second-order valence-corrected chi connectivity index (χ2v) is 7.35. The van der Waals surface area contributed by atoms with E-state index in [1.165, 1.54) is 5.69 Å². The van der Waals surface area contributed by atoms with Crippen LogP contribution in [0.25, 0.3) is 15.8 Å². The molecule has 1 fully saturated rings. The zero-order chi connectivity index (χ0) is 18.2. The number of anilines is 3. The molecule has 0 atom stereocenters. The molecule has 0 bridgehead atoms. The number of carbonyl (C=O) groups is 1. The van der Waals surface area contributed by atoms with Gasteiger partial charge in [-0.3, -0.25) is 4.79 Å². The van der Waals surface area contributed by atoms with Gasteiger partial charge in [0.25, 0.3) is 5.91 Å². The van der Waals surface area contributed by atoms with Crippen molar-refractivity contribution in [3.63, 3.8) is 0 Å². The fraction of sp³-hybridized carbons (Fsp3) is 0.200. The summed E-state index contributed by atoms with van der Waals surface area (Å²) < 4.78 is 6.43. The van der Waals surface area contributed by atoms with Gasteiger partial charge in [-0.15, -0.1) is 11.3 Å². The normalized spacial score (nSPS) is 18.0. The Morgan fingerprint density at radius 3 is 2.78 bits per heavy atom. The Labute approximate surface area is 160 Å². The number of morpholine rings is 1. The summed E-state index contributed by atoms with van der Waals surface area (Å²) in [6.07, 6.45) is 1.78. The molecule has 2 aromatic carbocycles. The molecule has 1 saturated heterocycles. The SMILES string of the molecule is O=C1Nc2ccc3ncsc3c2C1=CNc1ccc(N2CCOCC2)cc1. The number of rotatable bonds is 3. The van der Waals surface area contributed by atoms with Crippen molar-refractivity contribution < 1.29 is 9.53 Å². The Morgan fingerprint density at radius 2 is 1.96 bits per heavy atom. The third kappa shape index (κ3) is 2.94. The van der Waals surface area contributed by atoms with E-state index in [1.54, 1.807) is 17.5 Å². The monoisotopic (exact) mass is 378 g/mol. The maximum atomic E-state index is 12.4. The van der Waals surface area contributed by atoms with Crippen molar-refractivity contribution in [1.82, 2.24) is 4.98 Å². The summed E-state index contributed by atoms with van der Waals surface area (Å²) in [5, 5.41) is 6.19. The van der Waals surface area contributed by atoms with Gasteiger partial charge in [0, 0.05) is 36.2 Å². The summed E-state index contributed by atoms with van der Waals surface area (Å²) in [6, 6.07) is 12.1. The van der Waals surface area contributed by atoms with Crippen LogP contribution in [0.1, 0.15) is 5.56 Å². The van der Waals surface area contributed by atoms with E-state index in [9.17, 15) is 4.79 Å². The molecule has 3 aromatic rings. The van der Waals surface area contributed by atoms with E-state index >= 15 is 0 Å². The quantitative estimate of drug-likeness (QED) is 0.683. The van der Waals surface area contributed by atoms with Crippen LogP contribution < -0.4 is 15.5 Å². The van der Waals surface area contributed by atoms with Crippen molar-refractivity contribution >= 4 is 50.1 Å². The number of amides is 1. The van der Waals surface area contributed by atoms with Crippen LogP contribution in [0.4, 0.5) is 17.1 Å². The largest absolute Gasteiger partial charge is 0.378 e. The Balaban J connectivity index is 1.40. The zero-order valence-corrected chi connectivity index (χ0v) is 15.4. The average molecular weight is 378 g/mol. The van der Waals surface area contributed by atoms with Crippen molar-refractivity contribution in [1.29, 1.82) is 0 Å². The van der Waals surface area contributed by atoms with Gasteiger partial charge in [0.2, 0.25) is 0 Å². The summed E-state index contributed by atoms with van der Waals surface area (Å²) in [4.78, 5) is 19.1. The molecule has 1 aromatic heterocycles. The number of fused-ring (bicyclic) bond motifs is 3. The van der Waals surface area contributed by atoms with Crippen LogP contribution in [-0.2, 0) is 9.53 Å². The highest BCUT2D eigenvalue weighted by molar-refractivity contribution is 7.17. The fourth-order valence-electron chi connectivity index (χ4n) is 3.49. The molecule has 3 heterocycles. The number of nitrogens with one attached hydrogen (secondary N) is 2. The molecule has 2 aliphatic rings. The first-order chi connectivity index (χ1) is 13.3. The van der Waals surface area contributed by atoms with Gasteiger partial charge in [0.05, 0.1) is 40.2 Å². The first-order valence-corrected chi connectivity index (χ1v) is 9.75. The van der Waals surface area contributed by atoms with Crippen molar-refractivity contribution in [2.24, 2.45) is 0 Å². The highest BCUT2D eigenvalue weighted by Crippen LogP contribution is 2.39. The van der Waals surface area contributed by atoms with E-state index in [1.807, 2.05) is 29.8 Å². The van der Waals surface area contributed by atoms with Gasteiger partial charge < -0.3 is 20.3 Å². The predicted octanol–water partition coefficient (Wildman–Crippen LogP) is 3.54. The van der Waals surface area contributed by atoms with E-state index in [4.69, 9.17) is 4.74 Å². The molecule has 6 nitrogen and oxygen atoms in total. The van der Waals surface area contributed by atoms with Crippen LogP contribution in [0.3, 0.4) is 0 Å². The van der Waals surface area contributed by atoms with Gasteiger partial charge >= 0.3 is 0 Å². The van der Waals surface area contributed by atoms with Crippen LogP contribution in [0, 0.1) is 0 Å². The van der Waals surface area contributed by atoms with Crippen molar-refractivity contribution in [2.45, 2.75) is 0 Å². The van der Waals surface area contributed by atoms with E-state index in [0.717, 1.165) is 53.5 Å². The molecule has 0 saturated carbocycles. The lowest BCUT2D eigenvalue weighted by atomic mass is 10.1. The lowest BCUT2D eigenvalue weighted by Gasteiger charge is -2.28. The molecule has 0 unspecified atom stereocenters. The number of aromatic nitrogens is 1. The van der Waals surface area contributed by atoms with E-state index in [0.29, 0.717) is 5.57 Å². The Kier molecular flexibility index (Phi) is 4.03. The minimum absolute atomic E-state index is 0.0941. The van der Waals surface area contributed by atoms with E-state index < -0.39 is 0 Å². The molecular weight excluding hydrogens is 360 g/mol. The summed E-state index contributed by atoms with van der Waals surface area (Å²) in [5.41, 5.74) is 7.26. The molecular formula is C20H18N4O2S. The van der Waals surface area contributed by atoms with Crippen LogP contribution in [0.2, 0.25) is 0 Å². The van der Waals surface area contributed by atoms with E-state index in [2.05, 4.69) is 32.7 Å². The molecule has 0 radical (unpaired) electrons.